The van der Waals surface area contributed by atoms with Crippen LogP contribution in [0.3, 0.4) is 0 Å². The smallest absolute Gasteiger partial charge is 0.239 e. The first-order valence-corrected chi connectivity index (χ1v) is 8.86. The lowest BCUT2D eigenvalue weighted by atomic mass is 9.65. The predicted octanol–water partition coefficient (Wildman–Crippen LogP) is 2.24. The molecule has 2 aliphatic rings. The fourth-order valence-electron chi connectivity index (χ4n) is 3.77. The molecule has 2 fully saturated rings. The second-order valence-corrected chi connectivity index (χ2v) is 6.95. The number of ether oxygens (including phenoxy) is 1. The number of benzene rings is 1. The molecule has 3 rings (SSSR count). The van der Waals surface area contributed by atoms with E-state index in [0.717, 1.165) is 32.7 Å². The highest BCUT2D eigenvalue weighted by Crippen LogP contribution is 2.43. The maximum absolute atomic E-state index is 12.6. The summed E-state index contributed by atoms with van der Waals surface area (Å²) >= 11 is 0. The van der Waals surface area contributed by atoms with Crippen molar-refractivity contribution in [3.63, 3.8) is 0 Å². The van der Waals surface area contributed by atoms with Crippen molar-refractivity contribution in [2.75, 3.05) is 32.8 Å². The van der Waals surface area contributed by atoms with Gasteiger partial charge in [-0.15, -0.1) is 0 Å². The average molecular weight is 316 g/mol. The lowest BCUT2D eigenvalue weighted by Crippen LogP contribution is -2.55. The van der Waals surface area contributed by atoms with Gasteiger partial charge in [-0.25, -0.2) is 0 Å². The quantitative estimate of drug-likeness (QED) is 0.875. The largest absolute Gasteiger partial charge is 0.378 e. The molecule has 1 aromatic carbocycles. The summed E-state index contributed by atoms with van der Waals surface area (Å²) in [5, 5.41) is 3.22. The molecule has 0 spiro atoms. The summed E-state index contributed by atoms with van der Waals surface area (Å²) in [7, 11) is 0. The van der Waals surface area contributed by atoms with E-state index in [0.29, 0.717) is 6.61 Å². The third-order valence-electron chi connectivity index (χ3n) is 5.42. The zero-order valence-corrected chi connectivity index (χ0v) is 14.1. The number of hydrogen-bond donors (Lipinski definition) is 1. The van der Waals surface area contributed by atoms with Crippen LogP contribution in [0.4, 0.5) is 0 Å². The number of nitrogens with zero attached hydrogens (tertiary/aromatic N) is 1. The second kappa shape index (κ2) is 7.45. The van der Waals surface area contributed by atoms with Crippen LogP contribution in [0.2, 0.25) is 0 Å². The third kappa shape index (κ3) is 3.93. The highest BCUT2D eigenvalue weighted by molar-refractivity contribution is 5.82. The van der Waals surface area contributed by atoms with Gasteiger partial charge in [-0.2, -0.15) is 0 Å². The van der Waals surface area contributed by atoms with Crippen molar-refractivity contribution in [1.29, 1.82) is 0 Å². The van der Waals surface area contributed by atoms with Crippen LogP contribution < -0.4 is 5.32 Å². The zero-order valence-electron chi connectivity index (χ0n) is 14.1. The molecule has 1 aliphatic carbocycles. The minimum absolute atomic E-state index is 0.123. The first-order chi connectivity index (χ1) is 11.2. The average Bonchev–Trinajstić information content (AvgIpc) is 2.57. The Balaban J connectivity index is 1.56. The van der Waals surface area contributed by atoms with E-state index in [4.69, 9.17) is 4.74 Å². The molecule has 4 nitrogen and oxygen atoms in total. The van der Waals surface area contributed by atoms with Gasteiger partial charge in [0, 0.05) is 13.1 Å². The maximum Gasteiger partial charge on any atom is 0.239 e. The van der Waals surface area contributed by atoms with Gasteiger partial charge >= 0.3 is 0 Å². The summed E-state index contributed by atoms with van der Waals surface area (Å²) < 4.78 is 5.50. The summed E-state index contributed by atoms with van der Waals surface area (Å²) in [6.07, 6.45) is 4.75. The standard InChI is InChI=1S/C19H28N2O2/c1-2-21-11-12-23-14-17(21)18(22)20-15-19(9-6-10-19)13-16-7-4-3-5-8-16/h3-5,7-8,17H,2,6,9-15H2,1H3,(H,20,22)/t17-/m0/s1. The Morgan fingerprint density at radius 3 is 2.78 bits per heavy atom. The number of amides is 1. The van der Waals surface area contributed by atoms with Gasteiger partial charge in [0.2, 0.25) is 5.91 Å². The third-order valence-corrected chi connectivity index (χ3v) is 5.42. The lowest BCUT2D eigenvalue weighted by Gasteiger charge is -2.43. The first kappa shape index (κ1) is 16.5. The molecular formula is C19H28N2O2. The minimum atomic E-state index is -0.123. The van der Waals surface area contributed by atoms with Crippen molar-refractivity contribution in [3.05, 3.63) is 35.9 Å². The maximum atomic E-state index is 12.6. The molecule has 0 aromatic heterocycles. The number of likely N-dealkylation sites (N-methyl/N-ethyl adjacent to an activating group) is 1. The van der Waals surface area contributed by atoms with E-state index in [1.807, 2.05) is 0 Å². The van der Waals surface area contributed by atoms with Crippen LogP contribution >= 0.6 is 0 Å². The molecule has 1 amide bonds. The Labute approximate surface area is 139 Å². The van der Waals surface area contributed by atoms with Gasteiger partial charge in [0.15, 0.2) is 0 Å². The van der Waals surface area contributed by atoms with Crippen LogP contribution in [0.5, 0.6) is 0 Å². The number of morpholine rings is 1. The minimum Gasteiger partial charge on any atom is -0.378 e. The Morgan fingerprint density at radius 2 is 2.13 bits per heavy atom. The van der Waals surface area contributed by atoms with Crippen LogP contribution in [0.15, 0.2) is 30.3 Å². The number of carbonyl (C=O) groups excluding carboxylic acids is 1. The molecule has 4 heteroatoms. The van der Waals surface area contributed by atoms with E-state index < -0.39 is 0 Å². The molecule has 0 bridgehead atoms. The normalized spacial score (nSPS) is 24.0. The molecule has 1 saturated carbocycles. The monoisotopic (exact) mass is 316 g/mol. The van der Waals surface area contributed by atoms with Crippen LogP contribution in [-0.4, -0.2) is 49.7 Å². The SMILES string of the molecule is CCN1CCOC[C@H]1C(=O)NCC1(Cc2ccccc2)CCC1. The van der Waals surface area contributed by atoms with Crippen molar-refractivity contribution in [3.8, 4) is 0 Å². The summed E-state index contributed by atoms with van der Waals surface area (Å²) in [6, 6.07) is 10.5. The Kier molecular flexibility index (Phi) is 5.34. The molecule has 0 unspecified atom stereocenters. The van der Waals surface area contributed by atoms with Gasteiger partial charge in [0.05, 0.1) is 13.2 Å². The first-order valence-electron chi connectivity index (χ1n) is 8.86. The molecule has 1 atom stereocenters. The fourth-order valence-corrected chi connectivity index (χ4v) is 3.77. The van der Waals surface area contributed by atoms with Gasteiger partial charge in [0.1, 0.15) is 6.04 Å². The molecule has 1 N–H and O–H groups in total. The van der Waals surface area contributed by atoms with Gasteiger partial charge in [-0.05, 0) is 36.8 Å². The van der Waals surface area contributed by atoms with Crippen LogP contribution in [0, 0.1) is 5.41 Å². The lowest BCUT2D eigenvalue weighted by molar-refractivity contribution is -0.133. The van der Waals surface area contributed by atoms with Crippen molar-refractivity contribution < 1.29 is 9.53 Å². The van der Waals surface area contributed by atoms with Gasteiger partial charge in [-0.3, -0.25) is 9.69 Å². The van der Waals surface area contributed by atoms with Crippen molar-refractivity contribution >= 4 is 5.91 Å². The highest BCUT2D eigenvalue weighted by Gasteiger charge is 2.38. The van der Waals surface area contributed by atoms with E-state index in [9.17, 15) is 4.79 Å². The molecule has 0 radical (unpaired) electrons. The van der Waals surface area contributed by atoms with Crippen molar-refractivity contribution in [2.24, 2.45) is 5.41 Å². The van der Waals surface area contributed by atoms with Crippen LogP contribution in [-0.2, 0) is 16.0 Å². The molecule has 1 aliphatic heterocycles. The predicted molar refractivity (Wildman–Crippen MR) is 91.3 cm³/mol. The van der Waals surface area contributed by atoms with E-state index >= 15 is 0 Å². The Morgan fingerprint density at radius 1 is 1.35 bits per heavy atom. The summed E-state index contributed by atoms with van der Waals surface area (Å²) in [4.78, 5) is 14.8. The van der Waals surface area contributed by atoms with Crippen LogP contribution in [0.1, 0.15) is 31.7 Å². The molecular weight excluding hydrogens is 288 g/mol. The van der Waals surface area contributed by atoms with Gasteiger partial charge in [-0.1, -0.05) is 43.7 Å². The van der Waals surface area contributed by atoms with E-state index in [-0.39, 0.29) is 17.4 Å². The van der Waals surface area contributed by atoms with E-state index in [1.54, 1.807) is 0 Å². The van der Waals surface area contributed by atoms with E-state index in [1.165, 1.54) is 24.8 Å². The van der Waals surface area contributed by atoms with Crippen LogP contribution in [0.25, 0.3) is 0 Å². The Hall–Kier alpha value is -1.39. The summed E-state index contributed by atoms with van der Waals surface area (Å²) in [6.45, 7) is 5.89. The fraction of sp³-hybridized carbons (Fsp3) is 0.632. The molecule has 1 heterocycles. The zero-order chi connectivity index (χ0) is 16.1. The van der Waals surface area contributed by atoms with E-state index in [2.05, 4.69) is 47.5 Å². The van der Waals surface area contributed by atoms with Gasteiger partial charge < -0.3 is 10.1 Å². The number of nitrogens with one attached hydrogen (secondary N) is 1. The number of rotatable bonds is 6. The van der Waals surface area contributed by atoms with Crippen molar-refractivity contribution in [1.82, 2.24) is 10.2 Å². The molecule has 1 aromatic rings. The summed E-state index contributed by atoms with van der Waals surface area (Å²) in [5.74, 6) is 0.130. The summed E-state index contributed by atoms with van der Waals surface area (Å²) in [5.41, 5.74) is 1.63. The van der Waals surface area contributed by atoms with Crippen molar-refractivity contribution in [2.45, 2.75) is 38.6 Å². The van der Waals surface area contributed by atoms with Gasteiger partial charge in [0.25, 0.3) is 0 Å². The second-order valence-electron chi connectivity index (χ2n) is 6.95. The Bertz CT molecular complexity index is 513. The number of carbonyl (C=O) groups is 1. The molecule has 126 valence electrons. The molecule has 23 heavy (non-hydrogen) atoms. The number of hydrogen-bond acceptors (Lipinski definition) is 3. The highest BCUT2D eigenvalue weighted by atomic mass is 16.5. The molecule has 1 saturated heterocycles. The topological polar surface area (TPSA) is 41.6 Å².